The van der Waals surface area contributed by atoms with Crippen molar-refractivity contribution in [3.8, 4) is 0 Å². The smallest absolute Gasteiger partial charge is 0.275 e. The van der Waals surface area contributed by atoms with E-state index < -0.39 is 22.2 Å². The topological polar surface area (TPSA) is 55.2 Å². The predicted molar refractivity (Wildman–Crippen MR) is 72.7 cm³/mol. The Hall–Kier alpha value is -1.72. The predicted octanol–water partition coefficient (Wildman–Crippen LogP) is 4.40. The lowest BCUT2D eigenvalue weighted by molar-refractivity contribution is -0.385. The summed E-state index contributed by atoms with van der Waals surface area (Å²) in [6.07, 6.45) is 7.31. The standard InChI is InChI=1S/C14H18F2N2O2/c15-12-8-11(18(19)20)9-13(16)14(12)17-10-6-4-2-1-3-5-7-10/h8-10,17H,1-7H2. The molecule has 0 aliphatic heterocycles. The minimum absolute atomic E-state index is 0.0285. The maximum atomic E-state index is 13.8. The van der Waals surface area contributed by atoms with Gasteiger partial charge in [-0.1, -0.05) is 32.1 Å². The number of nitro groups is 1. The summed E-state index contributed by atoms with van der Waals surface area (Å²) < 4.78 is 27.6. The van der Waals surface area contributed by atoms with Gasteiger partial charge < -0.3 is 5.32 Å². The van der Waals surface area contributed by atoms with Gasteiger partial charge in [0.15, 0.2) is 11.6 Å². The number of rotatable bonds is 3. The fourth-order valence-corrected chi connectivity index (χ4v) is 2.61. The van der Waals surface area contributed by atoms with E-state index in [9.17, 15) is 18.9 Å². The van der Waals surface area contributed by atoms with E-state index in [1.165, 1.54) is 6.42 Å². The average molecular weight is 284 g/mol. The quantitative estimate of drug-likeness (QED) is 0.661. The molecule has 0 unspecified atom stereocenters. The Balaban J connectivity index is 2.13. The van der Waals surface area contributed by atoms with E-state index >= 15 is 0 Å². The van der Waals surface area contributed by atoms with Crippen molar-refractivity contribution in [1.29, 1.82) is 0 Å². The van der Waals surface area contributed by atoms with E-state index in [2.05, 4.69) is 5.32 Å². The van der Waals surface area contributed by atoms with Gasteiger partial charge in [0.1, 0.15) is 5.69 Å². The van der Waals surface area contributed by atoms with Crippen LogP contribution < -0.4 is 5.32 Å². The van der Waals surface area contributed by atoms with Crippen molar-refractivity contribution < 1.29 is 13.7 Å². The summed E-state index contributed by atoms with van der Waals surface area (Å²) in [5, 5.41) is 13.4. The van der Waals surface area contributed by atoms with Gasteiger partial charge in [0.2, 0.25) is 0 Å². The molecule has 0 heterocycles. The number of nitro benzene ring substituents is 1. The van der Waals surface area contributed by atoms with Gasteiger partial charge in [-0.3, -0.25) is 10.1 Å². The third kappa shape index (κ3) is 3.65. The SMILES string of the molecule is O=[N+]([O-])c1cc(F)c(NC2CCCCCCC2)c(F)c1. The fourth-order valence-electron chi connectivity index (χ4n) is 2.61. The number of hydrogen-bond acceptors (Lipinski definition) is 3. The van der Waals surface area contributed by atoms with Gasteiger partial charge in [0.05, 0.1) is 17.1 Å². The van der Waals surface area contributed by atoms with Crippen LogP contribution in [0.15, 0.2) is 12.1 Å². The molecule has 6 heteroatoms. The van der Waals surface area contributed by atoms with Gasteiger partial charge in [-0.15, -0.1) is 0 Å². The zero-order valence-electron chi connectivity index (χ0n) is 11.2. The number of hydrogen-bond donors (Lipinski definition) is 1. The summed E-state index contributed by atoms with van der Waals surface area (Å²) in [4.78, 5) is 9.74. The Morgan fingerprint density at radius 2 is 1.55 bits per heavy atom. The maximum Gasteiger partial charge on any atom is 0.275 e. The van der Waals surface area contributed by atoms with Crippen LogP contribution in [0.4, 0.5) is 20.2 Å². The minimum Gasteiger partial charge on any atom is -0.378 e. The normalized spacial score (nSPS) is 17.3. The molecule has 1 saturated carbocycles. The van der Waals surface area contributed by atoms with E-state index in [1.807, 2.05) is 0 Å². The first-order valence-corrected chi connectivity index (χ1v) is 6.98. The summed E-state index contributed by atoms with van der Waals surface area (Å²) in [6, 6.07) is 1.55. The maximum absolute atomic E-state index is 13.8. The number of benzene rings is 1. The molecule has 1 aliphatic carbocycles. The van der Waals surface area contributed by atoms with Crippen LogP contribution in [0.25, 0.3) is 0 Å². The summed E-state index contributed by atoms with van der Waals surface area (Å²) in [5.74, 6) is -1.81. The number of anilines is 1. The second-order valence-electron chi connectivity index (χ2n) is 5.23. The van der Waals surface area contributed by atoms with Crippen LogP contribution in [-0.4, -0.2) is 11.0 Å². The fraction of sp³-hybridized carbons (Fsp3) is 0.571. The van der Waals surface area contributed by atoms with E-state index in [1.54, 1.807) is 0 Å². The van der Waals surface area contributed by atoms with Crippen LogP contribution in [0, 0.1) is 21.7 Å². The van der Waals surface area contributed by atoms with E-state index in [4.69, 9.17) is 0 Å². The molecule has 110 valence electrons. The van der Waals surface area contributed by atoms with Crippen LogP contribution in [0.2, 0.25) is 0 Å². The van der Waals surface area contributed by atoms with E-state index in [0.717, 1.165) is 50.7 Å². The van der Waals surface area contributed by atoms with Crippen molar-refractivity contribution in [3.05, 3.63) is 33.9 Å². The molecular weight excluding hydrogens is 266 g/mol. The second kappa shape index (κ2) is 6.63. The third-order valence-corrected chi connectivity index (χ3v) is 3.69. The lowest BCUT2D eigenvalue weighted by Crippen LogP contribution is -2.22. The molecule has 0 aromatic heterocycles. The molecule has 0 amide bonds. The Bertz CT molecular complexity index is 463. The molecule has 2 rings (SSSR count). The van der Waals surface area contributed by atoms with Gasteiger partial charge in [0, 0.05) is 6.04 Å². The molecule has 0 spiro atoms. The van der Waals surface area contributed by atoms with Gasteiger partial charge in [-0.25, -0.2) is 8.78 Å². The Kier molecular flexibility index (Phi) is 4.87. The molecule has 0 radical (unpaired) electrons. The molecule has 20 heavy (non-hydrogen) atoms. The highest BCUT2D eigenvalue weighted by Gasteiger charge is 2.20. The average Bonchev–Trinajstić information content (AvgIpc) is 2.35. The third-order valence-electron chi connectivity index (χ3n) is 3.69. The lowest BCUT2D eigenvalue weighted by Gasteiger charge is -2.22. The molecule has 1 aliphatic rings. The number of non-ortho nitro benzene ring substituents is 1. The van der Waals surface area contributed by atoms with Gasteiger partial charge in [-0.05, 0) is 12.8 Å². The van der Waals surface area contributed by atoms with E-state index in [-0.39, 0.29) is 11.7 Å². The molecule has 4 nitrogen and oxygen atoms in total. The summed E-state index contributed by atoms with van der Waals surface area (Å²) in [5.41, 5.74) is -0.815. The molecule has 0 saturated heterocycles. The highest BCUT2D eigenvalue weighted by molar-refractivity contribution is 5.52. The van der Waals surface area contributed by atoms with Crippen molar-refractivity contribution in [2.45, 2.75) is 51.0 Å². The van der Waals surface area contributed by atoms with Crippen LogP contribution in [0.5, 0.6) is 0 Å². The van der Waals surface area contributed by atoms with Crippen LogP contribution in [-0.2, 0) is 0 Å². The minimum atomic E-state index is -0.904. The van der Waals surface area contributed by atoms with E-state index in [0.29, 0.717) is 0 Å². The monoisotopic (exact) mass is 284 g/mol. The number of nitrogens with zero attached hydrogens (tertiary/aromatic N) is 1. The number of halogens is 2. The highest BCUT2D eigenvalue weighted by Crippen LogP contribution is 2.27. The van der Waals surface area contributed by atoms with Crippen LogP contribution in [0.1, 0.15) is 44.9 Å². The molecule has 0 bridgehead atoms. The first-order chi connectivity index (χ1) is 9.58. The molecular formula is C14H18F2N2O2. The molecule has 1 fully saturated rings. The first-order valence-electron chi connectivity index (χ1n) is 6.98. The van der Waals surface area contributed by atoms with Crippen molar-refractivity contribution in [2.24, 2.45) is 0 Å². The van der Waals surface area contributed by atoms with Crippen LogP contribution in [0.3, 0.4) is 0 Å². The number of nitrogens with one attached hydrogen (secondary N) is 1. The van der Waals surface area contributed by atoms with Crippen LogP contribution >= 0.6 is 0 Å². The van der Waals surface area contributed by atoms with Crippen molar-refractivity contribution in [1.82, 2.24) is 0 Å². The second-order valence-corrected chi connectivity index (χ2v) is 5.23. The lowest BCUT2D eigenvalue weighted by atomic mass is 9.96. The largest absolute Gasteiger partial charge is 0.378 e. The summed E-state index contributed by atoms with van der Waals surface area (Å²) >= 11 is 0. The molecule has 1 aromatic rings. The molecule has 1 N–H and O–H groups in total. The molecule has 1 aromatic carbocycles. The van der Waals surface area contributed by atoms with Crippen molar-refractivity contribution in [2.75, 3.05) is 5.32 Å². The van der Waals surface area contributed by atoms with Crippen molar-refractivity contribution in [3.63, 3.8) is 0 Å². The zero-order valence-corrected chi connectivity index (χ0v) is 11.2. The Morgan fingerprint density at radius 3 is 2.05 bits per heavy atom. The van der Waals surface area contributed by atoms with Gasteiger partial charge >= 0.3 is 0 Å². The zero-order chi connectivity index (χ0) is 14.5. The highest BCUT2D eigenvalue weighted by atomic mass is 19.1. The van der Waals surface area contributed by atoms with Gasteiger partial charge in [-0.2, -0.15) is 0 Å². The first kappa shape index (κ1) is 14.7. The summed E-state index contributed by atoms with van der Waals surface area (Å²) in [7, 11) is 0. The Labute approximate surface area is 116 Å². The van der Waals surface area contributed by atoms with Crippen molar-refractivity contribution >= 4 is 11.4 Å². The van der Waals surface area contributed by atoms with Gasteiger partial charge in [0.25, 0.3) is 5.69 Å². The summed E-state index contributed by atoms with van der Waals surface area (Å²) in [6.45, 7) is 0. The molecule has 0 atom stereocenters. The Morgan fingerprint density at radius 1 is 1.05 bits per heavy atom.